The number of carbonyl (C=O) groups excluding carboxylic acids is 1. The average Bonchev–Trinajstić information content (AvgIpc) is 2.60. The van der Waals surface area contributed by atoms with Crippen molar-refractivity contribution in [3.05, 3.63) is 70.0 Å². The summed E-state index contributed by atoms with van der Waals surface area (Å²) in [5, 5.41) is 3.82. The van der Waals surface area contributed by atoms with E-state index < -0.39 is 0 Å². The molecule has 0 unspecified atom stereocenters. The van der Waals surface area contributed by atoms with E-state index in [-0.39, 0.29) is 18.0 Å². The number of para-hydroxylation sites is 3. The van der Waals surface area contributed by atoms with Crippen LogP contribution in [0.15, 0.2) is 53.3 Å². The molecule has 0 saturated heterocycles. The predicted molar refractivity (Wildman–Crippen MR) is 104 cm³/mol. The van der Waals surface area contributed by atoms with Crippen molar-refractivity contribution in [3.63, 3.8) is 0 Å². The molecule has 26 heavy (non-hydrogen) atoms. The second-order valence-corrected chi connectivity index (χ2v) is 6.20. The first-order chi connectivity index (χ1) is 12.5. The number of pyridine rings is 1. The molecule has 0 aliphatic heterocycles. The molecule has 0 atom stereocenters. The van der Waals surface area contributed by atoms with Crippen LogP contribution in [-0.4, -0.2) is 17.1 Å². The van der Waals surface area contributed by atoms with Gasteiger partial charge >= 0.3 is 0 Å². The predicted octanol–water partition coefficient (Wildman–Crippen LogP) is 3.66. The first-order valence-electron chi connectivity index (χ1n) is 8.62. The Hall–Kier alpha value is -3.08. The summed E-state index contributed by atoms with van der Waals surface area (Å²) in [5.41, 5.74) is 3.08. The van der Waals surface area contributed by atoms with Gasteiger partial charge in [-0.25, -0.2) is 0 Å². The number of hydrogen-bond donors (Lipinski definition) is 1. The van der Waals surface area contributed by atoms with Gasteiger partial charge in [0, 0.05) is 11.5 Å². The molecular formula is C21H22N2O3. The topological polar surface area (TPSA) is 60.3 Å². The molecule has 3 aromatic rings. The van der Waals surface area contributed by atoms with Crippen LogP contribution in [0.25, 0.3) is 10.9 Å². The molecule has 0 bridgehead atoms. The van der Waals surface area contributed by atoms with Gasteiger partial charge in [-0.15, -0.1) is 0 Å². The Morgan fingerprint density at radius 3 is 2.62 bits per heavy atom. The summed E-state index contributed by atoms with van der Waals surface area (Å²) in [6.07, 6.45) is 0. The van der Waals surface area contributed by atoms with Gasteiger partial charge in [-0.3, -0.25) is 14.2 Å². The molecule has 1 amide bonds. The number of aromatic nitrogens is 1. The van der Waals surface area contributed by atoms with Gasteiger partial charge in [-0.2, -0.15) is 0 Å². The second kappa shape index (κ2) is 7.44. The Kier molecular flexibility index (Phi) is 5.07. The third-order valence-corrected chi connectivity index (χ3v) is 4.30. The van der Waals surface area contributed by atoms with Crippen molar-refractivity contribution >= 4 is 22.5 Å². The lowest BCUT2D eigenvalue weighted by molar-refractivity contribution is -0.116. The van der Waals surface area contributed by atoms with Crippen molar-refractivity contribution in [2.24, 2.45) is 0 Å². The normalized spacial score (nSPS) is 10.7. The minimum absolute atomic E-state index is 0.0546. The second-order valence-electron chi connectivity index (χ2n) is 6.20. The maximum atomic E-state index is 12.6. The minimum atomic E-state index is -0.271. The number of anilines is 1. The van der Waals surface area contributed by atoms with Gasteiger partial charge in [0.2, 0.25) is 5.91 Å². The minimum Gasteiger partial charge on any atom is -0.492 e. The number of hydrogen-bond acceptors (Lipinski definition) is 3. The number of amides is 1. The third-order valence-electron chi connectivity index (χ3n) is 4.30. The number of nitrogens with one attached hydrogen (secondary N) is 1. The van der Waals surface area contributed by atoms with Gasteiger partial charge in [-0.05, 0) is 44.0 Å². The van der Waals surface area contributed by atoms with E-state index in [1.807, 2.05) is 51.1 Å². The first-order valence-corrected chi connectivity index (χ1v) is 8.62. The van der Waals surface area contributed by atoms with E-state index in [4.69, 9.17) is 4.74 Å². The SMILES string of the molecule is CCOc1ccccc1NC(=O)Cn1c(=O)cc(C)c2cccc(C)c21. The van der Waals surface area contributed by atoms with Gasteiger partial charge < -0.3 is 10.1 Å². The zero-order chi connectivity index (χ0) is 18.7. The van der Waals surface area contributed by atoms with Gasteiger partial charge in [0.1, 0.15) is 12.3 Å². The molecule has 134 valence electrons. The van der Waals surface area contributed by atoms with Crippen molar-refractivity contribution < 1.29 is 9.53 Å². The molecule has 5 nitrogen and oxygen atoms in total. The maximum absolute atomic E-state index is 12.6. The largest absolute Gasteiger partial charge is 0.492 e. The molecule has 1 aromatic heterocycles. The maximum Gasteiger partial charge on any atom is 0.251 e. The summed E-state index contributed by atoms with van der Waals surface area (Å²) in [6.45, 7) is 6.19. The Bertz CT molecular complexity index is 1020. The van der Waals surface area contributed by atoms with E-state index in [0.29, 0.717) is 18.0 Å². The fourth-order valence-corrected chi connectivity index (χ4v) is 3.13. The highest BCUT2D eigenvalue weighted by Gasteiger charge is 2.13. The molecule has 1 N–H and O–H groups in total. The van der Waals surface area contributed by atoms with Crippen LogP contribution >= 0.6 is 0 Å². The molecule has 0 spiro atoms. The van der Waals surface area contributed by atoms with Gasteiger partial charge in [0.15, 0.2) is 0 Å². The first kappa shape index (κ1) is 17.7. The van der Waals surface area contributed by atoms with Crippen LogP contribution in [0.5, 0.6) is 5.75 Å². The molecule has 1 heterocycles. The fourth-order valence-electron chi connectivity index (χ4n) is 3.13. The number of nitrogens with zero attached hydrogens (tertiary/aromatic N) is 1. The molecule has 5 heteroatoms. The number of rotatable bonds is 5. The number of carbonyl (C=O) groups is 1. The summed E-state index contributed by atoms with van der Waals surface area (Å²) < 4.78 is 7.06. The lowest BCUT2D eigenvalue weighted by Crippen LogP contribution is -2.28. The summed E-state index contributed by atoms with van der Waals surface area (Å²) in [4.78, 5) is 25.1. The highest BCUT2D eigenvalue weighted by atomic mass is 16.5. The quantitative estimate of drug-likeness (QED) is 0.764. The Labute approximate surface area is 152 Å². The molecule has 0 aliphatic carbocycles. The summed E-state index contributed by atoms with van der Waals surface area (Å²) in [7, 11) is 0. The number of benzene rings is 2. The average molecular weight is 350 g/mol. The van der Waals surface area contributed by atoms with Crippen LogP contribution in [0.4, 0.5) is 5.69 Å². The summed E-state index contributed by atoms with van der Waals surface area (Å²) >= 11 is 0. The van der Waals surface area contributed by atoms with Crippen molar-refractivity contribution in [1.82, 2.24) is 4.57 Å². The zero-order valence-corrected chi connectivity index (χ0v) is 15.2. The summed E-state index contributed by atoms with van der Waals surface area (Å²) in [5.74, 6) is 0.341. The lowest BCUT2D eigenvalue weighted by atomic mass is 10.1. The zero-order valence-electron chi connectivity index (χ0n) is 15.2. The highest BCUT2D eigenvalue weighted by Crippen LogP contribution is 2.24. The van der Waals surface area contributed by atoms with Crippen LogP contribution in [-0.2, 0) is 11.3 Å². The number of ether oxygens (including phenoxy) is 1. The Balaban J connectivity index is 1.95. The standard InChI is InChI=1S/C21H22N2O3/c1-4-26-18-11-6-5-10-17(18)22-19(24)13-23-20(25)12-15(3)16-9-7-8-14(2)21(16)23/h5-12H,4,13H2,1-3H3,(H,22,24). The van der Waals surface area contributed by atoms with Crippen LogP contribution < -0.4 is 15.6 Å². The van der Waals surface area contributed by atoms with E-state index in [0.717, 1.165) is 22.0 Å². The van der Waals surface area contributed by atoms with E-state index in [1.165, 1.54) is 4.57 Å². The number of fused-ring (bicyclic) bond motifs is 1. The molecule has 0 saturated carbocycles. The van der Waals surface area contributed by atoms with Gasteiger partial charge in [0.25, 0.3) is 5.56 Å². The van der Waals surface area contributed by atoms with Crippen molar-refractivity contribution in [1.29, 1.82) is 0 Å². The monoisotopic (exact) mass is 350 g/mol. The Morgan fingerprint density at radius 1 is 1.08 bits per heavy atom. The molecule has 0 fully saturated rings. The summed E-state index contributed by atoms with van der Waals surface area (Å²) in [6, 6.07) is 14.7. The van der Waals surface area contributed by atoms with Crippen molar-refractivity contribution in [2.75, 3.05) is 11.9 Å². The molecule has 2 aromatic carbocycles. The molecule has 0 aliphatic rings. The number of aryl methyl sites for hydroxylation is 2. The van der Waals surface area contributed by atoms with Crippen LogP contribution in [0.1, 0.15) is 18.1 Å². The van der Waals surface area contributed by atoms with Gasteiger partial charge in [-0.1, -0.05) is 30.3 Å². The third kappa shape index (κ3) is 3.47. The van der Waals surface area contributed by atoms with Crippen LogP contribution in [0, 0.1) is 13.8 Å². The molecule has 0 radical (unpaired) electrons. The van der Waals surface area contributed by atoms with Crippen molar-refractivity contribution in [3.8, 4) is 5.75 Å². The van der Waals surface area contributed by atoms with Crippen LogP contribution in [0.2, 0.25) is 0 Å². The van der Waals surface area contributed by atoms with E-state index in [2.05, 4.69) is 5.32 Å². The van der Waals surface area contributed by atoms with Gasteiger partial charge in [0.05, 0.1) is 17.8 Å². The fraction of sp³-hybridized carbons (Fsp3) is 0.238. The van der Waals surface area contributed by atoms with E-state index in [9.17, 15) is 9.59 Å². The molecular weight excluding hydrogens is 328 g/mol. The Morgan fingerprint density at radius 2 is 1.85 bits per heavy atom. The smallest absolute Gasteiger partial charge is 0.251 e. The van der Waals surface area contributed by atoms with Crippen molar-refractivity contribution in [2.45, 2.75) is 27.3 Å². The molecule has 3 rings (SSSR count). The van der Waals surface area contributed by atoms with E-state index in [1.54, 1.807) is 18.2 Å². The van der Waals surface area contributed by atoms with E-state index >= 15 is 0 Å². The highest BCUT2D eigenvalue weighted by molar-refractivity contribution is 5.93. The lowest BCUT2D eigenvalue weighted by Gasteiger charge is -2.15. The van der Waals surface area contributed by atoms with Crippen LogP contribution in [0.3, 0.4) is 0 Å².